The predicted molar refractivity (Wildman–Crippen MR) is 78.5 cm³/mol. The Morgan fingerprint density at radius 2 is 2.00 bits per heavy atom. The van der Waals surface area contributed by atoms with Crippen molar-refractivity contribution >= 4 is 5.97 Å². The first-order valence-corrected chi connectivity index (χ1v) is 6.95. The Hall–Kier alpha value is -1.79. The molecule has 2 rings (SSSR count). The molecule has 21 heavy (non-hydrogen) atoms. The van der Waals surface area contributed by atoms with Crippen molar-refractivity contribution < 1.29 is 19.4 Å². The van der Waals surface area contributed by atoms with Crippen molar-refractivity contribution in [2.75, 3.05) is 40.4 Å². The molecule has 0 radical (unpaired) electrons. The third kappa shape index (κ3) is 2.82. The molecule has 116 valence electrons. The second kappa shape index (κ2) is 6.32. The number of phenols is 1. The zero-order chi connectivity index (χ0) is 15.5. The van der Waals surface area contributed by atoms with Crippen LogP contribution in [-0.4, -0.2) is 56.4 Å². The number of nitrogens with one attached hydrogen (secondary N) is 1. The SMILES string of the molecule is COC(=O)C(C)(c1ccc(O)c(OC)c1)N1CCNCC1. The summed E-state index contributed by atoms with van der Waals surface area (Å²) in [6.45, 7) is 4.98. The van der Waals surface area contributed by atoms with Gasteiger partial charge in [0.25, 0.3) is 0 Å². The molecule has 1 aliphatic heterocycles. The minimum absolute atomic E-state index is 0.0498. The second-order valence-electron chi connectivity index (χ2n) is 5.19. The van der Waals surface area contributed by atoms with Crippen molar-refractivity contribution in [3.05, 3.63) is 23.8 Å². The zero-order valence-electron chi connectivity index (χ0n) is 12.7. The molecule has 0 aliphatic carbocycles. The topological polar surface area (TPSA) is 71.0 Å². The average molecular weight is 294 g/mol. The van der Waals surface area contributed by atoms with E-state index in [1.54, 1.807) is 12.1 Å². The largest absolute Gasteiger partial charge is 0.504 e. The molecule has 1 aromatic carbocycles. The van der Waals surface area contributed by atoms with Gasteiger partial charge >= 0.3 is 5.97 Å². The van der Waals surface area contributed by atoms with Gasteiger partial charge in [-0.25, -0.2) is 4.79 Å². The number of esters is 1. The summed E-state index contributed by atoms with van der Waals surface area (Å²) in [5.41, 5.74) is -0.163. The summed E-state index contributed by atoms with van der Waals surface area (Å²) in [4.78, 5) is 14.5. The summed E-state index contributed by atoms with van der Waals surface area (Å²) in [6.07, 6.45) is 0. The molecule has 6 heteroatoms. The molecule has 1 aromatic rings. The number of phenolic OH excluding ortho intramolecular Hbond substituents is 1. The van der Waals surface area contributed by atoms with Crippen LogP contribution >= 0.6 is 0 Å². The number of piperazine rings is 1. The molecule has 1 saturated heterocycles. The molecular formula is C15H22N2O4. The fraction of sp³-hybridized carbons (Fsp3) is 0.533. The third-order valence-corrected chi connectivity index (χ3v) is 4.07. The van der Waals surface area contributed by atoms with E-state index in [0.717, 1.165) is 31.7 Å². The highest BCUT2D eigenvalue weighted by atomic mass is 16.5. The number of aromatic hydroxyl groups is 1. The Morgan fingerprint density at radius 1 is 1.33 bits per heavy atom. The van der Waals surface area contributed by atoms with Crippen molar-refractivity contribution in [3.63, 3.8) is 0 Å². The number of nitrogens with zero attached hydrogens (tertiary/aromatic N) is 1. The van der Waals surface area contributed by atoms with Gasteiger partial charge in [0.2, 0.25) is 0 Å². The Bertz CT molecular complexity index is 514. The molecule has 6 nitrogen and oxygen atoms in total. The van der Waals surface area contributed by atoms with Crippen LogP contribution in [0.3, 0.4) is 0 Å². The summed E-state index contributed by atoms with van der Waals surface area (Å²) >= 11 is 0. The lowest BCUT2D eigenvalue weighted by Crippen LogP contribution is -2.57. The van der Waals surface area contributed by atoms with Gasteiger partial charge in [-0.2, -0.15) is 0 Å². The van der Waals surface area contributed by atoms with Crippen molar-refractivity contribution in [2.45, 2.75) is 12.5 Å². The van der Waals surface area contributed by atoms with E-state index in [1.165, 1.54) is 20.3 Å². The van der Waals surface area contributed by atoms with Crippen LogP contribution in [0, 0.1) is 0 Å². The minimum atomic E-state index is -0.905. The smallest absolute Gasteiger partial charge is 0.330 e. The van der Waals surface area contributed by atoms with E-state index in [1.807, 2.05) is 6.92 Å². The second-order valence-corrected chi connectivity index (χ2v) is 5.19. The predicted octanol–water partition coefficient (Wildman–Crippen LogP) is 0.694. The van der Waals surface area contributed by atoms with Crippen molar-refractivity contribution in [3.8, 4) is 11.5 Å². The maximum absolute atomic E-state index is 12.4. The highest BCUT2D eigenvalue weighted by Crippen LogP contribution is 2.35. The van der Waals surface area contributed by atoms with E-state index in [2.05, 4.69) is 10.2 Å². The monoisotopic (exact) mass is 294 g/mol. The molecule has 1 atom stereocenters. The minimum Gasteiger partial charge on any atom is -0.504 e. The van der Waals surface area contributed by atoms with Crippen LogP contribution in [0.4, 0.5) is 0 Å². The fourth-order valence-corrected chi connectivity index (χ4v) is 2.72. The van der Waals surface area contributed by atoms with Crippen molar-refractivity contribution in [1.82, 2.24) is 10.2 Å². The Labute approximate surface area is 124 Å². The van der Waals surface area contributed by atoms with Crippen LogP contribution in [-0.2, 0) is 15.1 Å². The molecule has 0 amide bonds. The van der Waals surface area contributed by atoms with Gasteiger partial charge in [-0.3, -0.25) is 4.90 Å². The quantitative estimate of drug-likeness (QED) is 0.796. The summed E-state index contributed by atoms with van der Waals surface area (Å²) in [7, 11) is 2.87. The molecule has 0 saturated carbocycles. The van der Waals surface area contributed by atoms with Crippen LogP contribution in [0.2, 0.25) is 0 Å². The van der Waals surface area contributed by atoms with Crippen molar-refractivity contribution in [2.24, 2.45) is 0 Å². The molecule has 0 spiro atoms. The lowest BCUT2D eigenvalue weighted by atomic mass is 9.89. The highest BCUT2D eigenvalue weighted by Gasteiger charge is 2.43. The van der Waals surface area contributed by atoms with E-state index in [0.29, 0.717) is 5.75 Å². The lowest BCUT2D eigenvalue weighted by molar-refractivity contribution is -0.155. The van der Waals surface area contributed by atoms with E-state index in [4.69, 9.17) is 9.47 Å². The molecule has 0 aromatic heterocycles. The van der Waals surface area contributed by atoms with Crippen LogP contribution < -0.4 is 10.1 Å². The fourth-order valence-electron chi connectivity index (χ4n) is 2.72. The van der Waals surface area contributed by atoms with Gasteiger partial charge in [-0.15, -0.1) is 0 Å². The normalized spacial score (nSPS) is 18.8. The zero-order valence-corrected chi connectivity index (χ0v) is 12.7. The molecule has 0 bridgehead atoms. The molecule has 1 aliphatic rings. The van der Waals surface area contributed by atoms with Crippen LogP contribution in [0.1, 0.15) is 12.5 Å². The van der Waals surface area contributed by atoms with Crippen molar-refractivity contribution in [1.29, 1.82) is 0 Å². The number of rotatable bonds is 4. The number of hydrogen-bond acceptors (Lipinski definition) is 6. The first kappa shape index (κ1) is 15.6. The molecule has 1 heterocycles. The Balaban J connectivity index is 2.46. The maximum atomic E-state index is 12.4. The van der Waals surface area contributed by atoms with Gasteiger partial charge in [0.05, 0.1) is 14.2 Å². The number of hydrogen-bond donors (Lipinski definition) is 2. The first-order chi connectivity index (χ1) is 10.0. The number of ether oxygens (including phenoxy) is 2. The molecule has 2 N–H and O–H groups in total. The Kier molecular flexibility index (Phi) is 4.69. The molecule has 1 fully saturated rings. The van der Waals surface area contributed by atoms with E-state index < -0.39 is 5.54 Å². The van der Waals surface area contributed by atoms with Gasteiger partial charge in [-0.1, -0.05) is 6.07 Å². The van der Waals surface area contributed by atoms with E-state index in [-0.39, 0.29) is 11.7 Å². The summed E-state index contributed by atoms with van der Waals surface area (Å²) in [5.74, 6) is 0.0729. The average Bonchev–Trinajstić information content (AvgIpc) is 2.54. The highest BCUT2D eigenvalue weighted by molar-refractivity contribution is 5.82. The van der Waals surface area contributed by atoms with Gasteiger partial charge < -0.3 is 19.9 Å². The molecular weight excluding hydrogens is 272 g/mol. The van der Waals surface area contributed by atoms with Gasteiger partial charge in [0.1, 0.15) is 5.54 Å². The van der Waals surface area contributed by atoms with Crippen LogP contribution in [0.15, 0.2) is 18.2 Å². The third-order valence-electron chi connectivity index (χ3n) is 4.07. The number of methoxy groups -OCH3 is 2. The molecule has 1 unspecified atom stereocenters. The van der Waals surface area contributed by atoms with Crippen LogP contribution in [0.5, 0.6) is 11.5 Å². The van der Waals surface area contributed by atoms with Gasteiger partial charge in [0, 0.05) is 26.2 Å². The lowest BCUT2D eigenvalue weighted by Gasteiger charge is -2.41. The van der Waals surface area contributed by atoms with Crippen LogP contribution in [0.25, 0.3) is 0 Å². The number of carbonyl (C=O) groups is 1. The standard InChI is InChI=1S/C15H22N2O4/c1-15(14(19)21-3,17-8-6-16-7-9-17)11-4-5-12(18)13(10-11)20-2/h4-5,10,16,18H,6-9H2,1-3H3. The summed E-state index contributed by atoms with van der Waals surface area (Å²) in [5, 5.41) is 13.0. The first-order valence-electron chi connectivity index (χ1n) is 6.95. The Morgan fingerprint density at radius 3 is 2.57 bits per heavy atom. The number of carbonyl (C=O) groups excluding carboxylic acids is 1. The van der Waals surface area contributed by atoms with Gasteiger partial charge in [-0.05, 0) is 24.6 Å². The summed E-state index contributed by atoms with van der Waals surface area (Å²) < 4.78 is 10.2. The summed E-state index contributed by atoms with van der Waals surface area (Å²) in [6, 6.07) is 4.96. The maximum Gasteiger partial charge on any atom is 0.330 e. The van der Waals surface area contributed by atoms with Gasteiger partial charge in [0.15, 0.2) is 11.5 Å². The van der Waals surface area contributed by atoms with E-state index in [9.17, 15) is 9.90 Å². The number of benzene rings is 1. The van der Waals surface area contributed by atoms with E-state index >= 15 is 0 Å².